The maximum absolute atomic E-state index is 12.8. The van der Waals surface area contributed by atoms with Crippen LogP contribution in [0, 0.1) is 35.5 Å². The zero-order valence-corrected chi connectivity index (χ0v) is 19.0. The van der Waals surface area contributed by atoms with Gasteiger partial charge in [-0.05, 0) is 36.5 Å². The minimum absolute atomic E-state index is 0.108. The Morgan fingerprint density at radius 2 is 1.43 bits per heavy atom. The van der Waals surface area contributed by atoms with E-state index in [-0.39, 0.29) is 40.2 Å². The lowest BCUT2D eigenvalue weighted by Gasteiger charge is -2.42. The van der Waals surface area contributed by atoms with E-state index < -0.39 is 59.1 Å². The van der Waals surface area contributed by atoms with Gasteiger partial charge in [-0.15, -0.1) is 0 Å². The molecule has 0 spiro atoms. The predicted octanol–water partition coefficient (Wildman–Crippen LogP) is 1.37. The number of benzene rings is 1. The van der Waals surface area contributed by atoms with Crippen molar-refractivity contribution in [2.75, 3.05) is 14.2 Å². The molecule has 11 heteroatoms. The van der Waals surface area contributed by atoms with Gasteiger partial charge in [0.1, 0.15) is 0 Å². The molecule has 184 valence electrons. The van der Waals surface area contributed by atoms with Crippen molar-refractivity contribution in [3.63, 3.8) is 0 Å². The average molecular weight is 484 g/mol. The number of methoxy groups -OCH3 is 2. The summed E-state index contributed by atoms with van der Waals surface area (Å²) in [6, 6.07) is 3.14. The molecule has 3 N–H and O–H groups in total. The number of phenolic OH excluding ortho intramolecular Hbond substituents is 1. The zero-order chi connectivity index (χ0) is 25.2. The maximum atomic E-state index is 12.8. The first-order valence-corrected chi connectivity index (χ1v) is 11.2. The Hall–Kier alpha value is -3.70. The van der Waals surface area contributed by atoms with Crippen LogP contribution in [-0.4, -0.2) is 63.5 Å². The summed E-state index contributed by atoms with van der Waals surface area (Å²) in [5.41, 5.74) is 1.30. The van der Waals surface area contributed by atoms with Gasteiger partial charge in [-0.25, -0.2) is 0 Å². The molecule has 4 amide bonds. The third-order valence-electron chi connectivity index (χ3n) is 7.65. The van der Waals surface area contributed by atoms with E-state index in [0.29, 0.717) is 11.1 Å². The van der Waals surface area contributed by atoms with Crippen LogP contribution in [-0.2, 0) is 19.2 Å². The molecule has 5 rings (SSSR count). The Morgan fingerprint density at radius 3 is 2.03 bits per heavy atom. The number of ether oxygens (including phenoxy) is 2. The highest BCUT2D eigenvalue weighted by atomic mass is 16.5. The second-order valence-electron chi connectivity index (χ2n) is 9.18. The Morgan fingerprint density at radius 1 is 0.857 bits per heavy atom. The Balaban J connectivity index is 1.58. The number of allylic oxidation sites excluding steroid dienone is 3. The molecule has 3 fully saturated rings. The molecular weight excluding hydrogens is 460 g/mol. The van der Waals surface area contributed by atoms with Crippen LogP contribution in [0.1, 0.15) is 18.4 Å². The third kappa shape index (κ3) is 3.26. The van der Waals surface area contributed by atoms with Gasteiger partial charge in [-0.2, -0.15) is 10.1 Å². The molecule has 1 aromatic carbocycles. The van der Waals surface area contributed by atoms with E-state index >= 15 is 0 Å². The summed E-state index contributed by atoms with van der Waals surface area (Å²) in [4.78, 5) is 50.6. The first-order chi connectivity index (χ1) is 16.7. The van der Waals surface area contributed by atoms with Gasteiger partial charge in [-0.3, -0.25) is 29.6 Å². The molecule has 4 aliphatic rings. The molecule has 1 saturated carbocycles. The molecule has 0 bridgehead atoms. The van der Waals surface area contributed by atoms with Crippen LogP contribution in [0.4, 0.5) is 0 Å². The van der Waals surface area contributed by atoms with E-state index in [4.69, 9.17) is 9.47 Å². The second-order valence-corrected chi connectivity index (χ2v) is 9.18. The van der Waals surface area contributed by atoms with Crippen LogP contribution in [0.2, 0.25) is 0 Å². The molecule has 2 aliphatic carbocycles. The van der Waals surface area contributed by atoms with Crippen LogP contribution >= 0.6 is 0 Å². The number of hydrogen-bond acceptors (Lipinski definition) is 9. The number of fused-ring (bicyclic) bond motifs is 4. The highest BCUT2D eigenvalue weighted by molar-refractivity contribution is 6.06. The number of imide groups is 2. The molecule has 0 radical (unpaired) electrons. The quantitative estimate of drug-likeness (QED) is 0.327. The summed E-state index contributed by atoms with van der Waals surface area (Å²) in [7, 11) is 2.79. The largest absolute Gasteiger partial charge is 0.502 e. The fourth-order valence-corrected chi connectivity index (χ4v) is 6.04. The SMILES string of the molecule is COc1cc(C=CC2C3=CCC4C(=O)N(O)C(=O)C4C3CC3C(=O)N(O)C(=O)C23)cc(OC)c1O. The van der Waals surface area contributed by atoms with E-state index in [1.165, 1.54) is 14.2 Å². The van der Waals surface area contributed by atoms with E-state index in [9.17, 15) is 34.7 Å². The predicted molar refractivity (Wildman–Crippen MR) is 116 cm³/mol. The maximum Gasteiger partial charge on any atom is 0.258 e. The number of carbonyl (C=O) groups excluding carboxylic acids is 4. The number of hydroxylamine groups is 4. The molecular formula is C24H24N2O9. The molecule has 1 aromatic rings. The molecule has 0 aromatic heterocycles. The van der Waals surface area contributed by atoms with E-state index in [1.807, 2.05) is 0 Å². The summed E-state index contributed by atoms with van der Waals surface area (Å²) < 4.78 is 10.4. The minimum atomic E-state index is -0.874. The fraction of sp³-hybridized carbons (Fsp3) is 0.417. The highest BCUT2D eigenvalue weighted by Crippen LogP contribution is 2.55. The standard InChI is InChI=1S/C24H24N2O9/c1-34-16-7-10(8-17(35-2)20(16)27)3-4-12-11-5-6-13-19(24(31)25(32)21(13)28)14(11)9-15-18(12)23(30)26(33)22(15)29/h3-5,7-8,12-15,18-19,27,32-33H,6,9H2,1-2H3. The lowest BCUT2D eigenvalue weighted by Crippen LogP contribution is -2.43. The van der Waals surface area contributed by atoms with Gasteiger partial charge in [-0.1, -0.05) is 23.8 Å². The number of phenols is 1. The zero-order valence-electron chi connectivity index (χ0n) is 19.0. The summed E-state index contributed by atoms with van der Waals surface area (Å²) in [6.45, 7) is 0. The van der Waals surface area contributed by atoms with Gasteiger partial charge in [0.05, 0.1) is 37.9 Å². The van der Waals surface area contributed by atoms with Crippen molar-refractivity contribution < 1.29 is 44.2 Å². The fourth-order valence-electron chi connectivity index (χ4n) is 6.04. The van der Waals surface area contributed by atoms with Crippen molar-refractivity contribution in [3.05, 3.63) is 35.4 Å². The van der Waals surface area contributed by atoms with E-state index in [1.54, 1.807) is 30.4 Å². The number of amides is 4. The number of carbonyl (C=O) groups is 4. The van der Waals surface area contributed by atoms with Crippen LogP contribution in [0.15, 0.2) is 29.9 Å². The van der Waals surface area contributed by atoms with Crippen molar-refractivity contribution in [2.45, 2.75) is 12.8 Å². The Bertz CT molecular complexity index is 1180. The minimum Gasteiger partial charge on any atom is -0.502 e. The highest BCUT2D eigenvalue weighted by Gasteiger charge is 2.61. The first kappa shape index (κ1) is 23.1. The Labute approximate surface area is 199 Å². The smallest absolute Gasteiger partial charge is 0.258 e. The topological polar surface area (TPSA) is 154 Å². The van der Waals surface area contributed by atoms with Crippen LogP contribution in [0.3, 0.4) is 0 Å². The molecule has 6 atom stereocenters. The lowest BCUT2D eigenvalue weighted by atomic mass is 9.58. The summed E-state index contributed by atoms with van der Waals surface area (Å²) in [6.07, 6.45) is 5.52. The Kier molecular flexibility index (Phi) is 5.41. The number of rotatable bonds is 4. The van der Waals surface area contributed by atoms with Gasteiger partial charge in [0.2, 0.25) is 5.75 Å². The van der Waals surface area contributed by atoms with Gasteiger partial charge in [0.15, 0.2) is 11.5 Å². The molecule has 6 unspecified atom stereocenters. The molecule has 2 heterocycles. The van der Waals surface area contributed by atoms with Crippen LogP contribution in [0.5, 0.6) is 17.2 Å². The normalized spacial score (nSPS) is 32.1. The second kappa shape index (κ2) is 8.21. The van der Waals surface area contributed by atoms with Crippen molar-refractivity contribution in [3.8, 4) is 17.2 Å². The van der Waals surface area contributed by atoms with Crippen LogP contribution in [0.25, 0.3) is 6.08 Å². The van der Waals surface area contributed by atoms with Crippen molar-refractivity contribution in [1.82, 2.24) is 10.1 Å². The molecule has 2 saturated heterocycles. The third-order valence-corrected chi connectivity index (χ3v) is 7.65. The average Bonchev–Trinajstić information content (AvgIpc) is 3.22. The van der Waals surface area contributed by atoms with E-state index in [0.717, 1.165) is 0 Å². The summed E-state index contributed by atoms with van der Waals surface area (Å²) >= 11 is 0. The van der Waals surface area contributed by atoms with Crippen molar-refractivity contribution >= 4 is 29.7 Å². The van der Waals surface area contributed by atoms with E-state index in [2.05, 4.69) is 0 Å². The van der Waals surface area contributed by atoms with Crippen molar-refractivity contribution in [2.24, 2.45) is 35.5 Å². The van der Waals surface area contributed by atoms with Gasteiger partial charge in [0.25, 0.3) is 23.6 Å². The number of aromatic hydroxyl groups is 1. The monoisotopic (exact) mass is 484 g/mol. The number of nitrogens with zero attached hydrogens (tertiary/aromatic N) is 2. The molecule has 2 aliphatic heterocycles. The summed E-state index contributed by atoms with van der Waals surface area (Å²) in [5.74, 6) is -7.20. The van der Waals surface area contributed by atoms with Gasteiger partial charge in [0, 0.05) is 5.92 Å². The van der Waals surface area contributed by atoms with Crippen molar-refractivity contribution in [1.29, 1.82) is 0 Å². The van der Waals surface area contributed by atoms with Gasteiger partial charge >= 0.3 is 0 Å². The summed E-state index contributed by atoms with van der Waals surface area (Å²) in [5, 5.41) is 30.5. The van der Waals surface area contributed by atoms with Crippen LogP contribution < -0.4 is 9.47 Å². The number of hydrogen-bond donors (Lipinski definition) is 3. The van der Waals surface area contributed by atoms with Gasteiger partial charge < -0.3 is 14.6 Å². The molecule has 35 heavy (non-hydrogen) atoms. The lowest BCUT2D eigenvalue weighted by molar-refractivity contribution is -0.174. The first-order valence-electron chi connectivity index (χ1n) is 11.2. The molecule has 11 nitrogen and oxygen atoms in total.